The second-order valence-corrected chi connectivity index (χ2v) is 9.99. The standard InChI is InChI=1S/C25H21N3OS2/c1-15-6-11-20(16(2)12-15)28-24(29)22-19-4-3-5-21(19)31-23(22)27-25(28)30-14-18-9-7-17(13-26)8-10-18/h6-12H,3-5,14H2,1-2H3. The summed E-state index contributed by atoms with van der Waals surface area (Å²) in [6.45, 7) is 4.11. The zero-order chi connectivity index (χ0) is 21.5. The molecule has 0 N–H and O–H groups in total. The number of aryl methyl sites for hydroxylation is 4. The molecule has 1 aliphatic rings. The number of aromatic nitrogens is 2. The Bertz CT molecular complexity index is 1410. The summed E-state index contributed by atoms with van der Waals surface area (Å²) in [4.78, 5) is 20.9. The Labute approximate surface area is 189 Å². The summed E-state index contributed by atoms with van der Waals surface area (Å²) in [7, 11) is 0. The van der Waals surface area contributed by atoms with Gasteiger partial charge in [-0.15, -0.1) is 11.3 Å². The molecule has 2 aromatic carbocycles. The maximum atomic E-state index is 13.8. The molecule has 4 aromatic rings. The molecule has 0 spiro atoms. The average molecular weight is 444 g/mol. The number of thioether (sulfide) groups is 1. The van der Waals surface area contributed by atoms with Crippen molar-refractivity contribution in [1.82, 2.24) is 9.55 Å². The van der Waals surface area contributed by atoms with E-state index in [1.54, 1.807) is 27.7 Å². The number of rotatable bonds is 4. The van der Waals surface area contributed by atoms with Gasteiger partial charge in [-0.2, -0.15) is 5.26 Å². The minimum atomic E-state index is 0.0404. The fourth-order valence-corrected chi connectivity index (χ4v) is 6.48. The van der Waals surface area contributed by atoms with Gasteiger partial charge in [-0.1, -0.05) is 41.6 Å². The van der Waals surface area contributed by atoms with Crippen molar-refractivity contribution in [3.8, 4) is 11.8 Å². The predicted molar refractivity (Wildman–Crippen MR) is 127 cm³/mol. The summed E-state index contributed by atoms with van der Waals surface area (Å²) >= 11 is 3.24. The lowest BCUT2D eigenvalue weighted by Crippen LogP contribution is -2.22. The fraction of sp³-hybridized carbons (Fsp3) is 0.240. The highest BCUT2D eigenvalue weighted by atomic mass is 32.2. The van der Waals surface area contributed by atoms with Gasteiger partial charge in [-0.25, -0.2) is 4.98 Å². The first-order chi connectivity index (χ1) is 15.0. The second-order valence-electron chi connectivity index (χ2n) is 7.96. The minimum absolute atomic E-state index is 0.0404. The van der Waals surface area contributed by atoms with Crippen molar-refractivity contribution in [3.63, 3.8) is 0 Å². The van der Waals surface area contributed by atoms with Crippen LogP contribution >= 0.6 is 23.1 Å². The van der Waals surface area contributed by atoms with Crippen LogP contribution in [0.4, 0.5) is 0 Å². The van der Waals surface area contributed by atoms with Gasteiger partial charge in [-0.3, -0.25) is 9.36 Å². The molecule has 6 heteroatoms. The molecule has 5 rings (SSSR count). The monoisotopic (exact) mass is 443 g/mol. The van der Waals surface area contributed by atoms with Crippen LogP contribution in [0.15, 0.2) is 52.4 Å². The Balaban J connectivity index is 1.65. The topological polar surface area (TPSA) is 58.7 Å². The Hall–Kier alpha value is -2.88. The lowest BCUT2D eigenvalue weighted by molar-refractivity contribution is 0.814. The molecule has 0 saturated heterocycles. The summed E-state index contributed by atoms with van der Waals surface area (Å²) in [5.41, 5.74) is 6.12. The third kappa shape index (κ3) is 3.58. The van der Waals surface area contributed by atoms with E-state index in [4.69, 9.17) is 10.2 Å². The van der Waals surface area contributed by atoms with Crippen LogP contribution in [-0.4, -0.2) is 9.55 Å². The molecular weight excluding hydrogens is 422 g/mol. The first-order valence-corrected chi connectivity index (χ1v) is 12.1. The number of benzene rings is 2. The first-order valence-electron chi connectivity index (χ1n) is 10.3. The van der Waals surface area contributed by atoms with Crippen LogP contribution in [-0.2, 0) is 18.6 Å². The summed E-state index contributed by atoms with van der Waals surface area (Å²) in [5, 5.41) is 10.5. The molecule has 0 atom stereocenters. The number of nitrogens with zero attached hydrogens (tertiary/aromatic N) is 3. The predicted octanol–water partition coefficient (Wildman–Crippen LogP) is 5.72. The van der Waals surface area contributed by atoms with E-state index < -0.39 is 0 Å². The highest BCUT2D eigenvalue weighted by Gasteiger charge is 2.24. The molecule has 0 fully saturated rings. The van der Waals surface area contributed by atoms with Crippen molar-refractivity contribution in [2.45, 2.75) is 44.0 Å². The maximum Gasteiger partial charge on any atom is 0.267 e. The van der Waals surface area contributed by atoms with E-state index in [9.17, 15) is 4.79 Å². The third-order valence-electron chi connectivity index (χ3n) is 5.75. The average Bonchev–Trinajstić information content (AvgIpc) is 3.34. The second kappa shape index (κ2) is 7.99. The zero-order valence-electron chi connectivity index (χ0n) is 17.4. The summed E-state index contributed by atoms with van der Waals surface area (Å²) in [5.74, 6) is 0.680. The molecule has 154 valence electrons. The number of thiophene rings is 1. The van der Waals surface area contributed by atoms with Crippen molar-refractivity contribution in [2.24, 2.45) is 0 Å². The number of hydrogen-bond donors (Lipinski definition) is 0. The van der Waals surface area contributed by atoms with Gasteiger partial charge in [0.25, 0.3) is 5.56 Å². The highest BCUT2D eigenvalue weighted by Crippen LogP contribution is 2.36. The molecule has 2 aromatic heterocycles. The molecular formula is C25H21N3OS2. The fourth-order valence-electron chi connectivity index (χ4n) is 4.21. The largest absolute Gasteiger partial charge is 0.268 e. The number of fused-ring (bicyclic) bond motifs is 3. The van der Waals surface area contributed by atoms with Gasteiger partial charge in [0, 0.05) is 10.6 Å². The Kier molecular flexibility index (Phi) is 5.17. The molecule has 0 amide bonds. The van der Waals surface area contributed by atoms with Crippen molar-refractivity contribution in [2.75, 3.05) is 0 Å². The quantitative estimate of drug-likeness (QED) is 0.299. The molecule has 2 heterocycles. The summed E-state index contributed by atoms with van der Waals surface area (Å²) in [6, 6.07) is 15.9. The molecule has 0 saturated carbocycles. The molecule has 4 nitrogen and oxygen atoms in total. The lowest BCUT2D eigenvalue weighted by atomic mass is 10.1. The smallest absolute Gasteiger partial charge is 0.267 e. The normalized spacial score (nSPS) is 12.8. The maximum absolute atomic E-state index is 13.8. The van der Waals surface area contributed by atoms with Crippen molar-refractivity contribution < 1.29 is 0 Å². The minimum Gasteiger partial charge on any atom is -0.268 e. The third-order valence-corrected chi connectivity index (χ3v) is 7.95. The van der Waals surface area contributed by atoms with E-state index in [2.05, 4.69) is 19.1 Å². The lowest BCUT2D eigenvalue weighted by Gasteiger charge is -2.15. The molecule has 0 unspecified atom stereocenters. The van der Waals surface area contributed by atoms with Crippen LogP contribution in [0.1, 0.15) is 39.1 Å². The van der Waals surface area contributed by atoms with E-state index in [1.807, 2.05) is 43.3 Å². The van der Waals surface area contributed by atoms with Crippen molar-refractivity contribution in [3.05, 3.63) is 85.5 Å². The van der Waals surface area contributed by atoms with Gasteiger partial charge >= 0.3 is 0 Å². The summed E-state index contributed by atoms with van der Waals surface area (Å²) < 4.78 is 1.80. The van der Waals surface area contributed by atoms with Crippen molar-refractivity contribution >= 4 is 33.3 Å². The van der Waals surface area contributed by atoms with E-state index >= 15 is 0 Å². The van der Waals surface area contributed by atoms with E-state index in [0.717, 1.165) is 46.3 Å². The van der Waals surface area contributed by atoms with Crippen LogP contribution in [0.5, 0.6) is 0 Å². The van der Waals surface area contributed by atoms with Crippen LogP contribution in [0.3, 0.4) is 0 Å². The van der Waals surface area contributed by atoms with E-state index in [0.29, 0.717) is 16.5 Å². The van der Waals surface area contributed by atoms with E-state index in [1.165, 1.54) is 16.0 Å². The number of nitriles is 1. The van der Waals surface area contributed by atoms with Gasteiger partial charge in [-0.05, 0) is 68.0 Å². The van der Waals surface area contributed by atoms with Crippen LogP contribution in [0.2, 0.25) is 0 Å². The molecule has 1 aliphatic carbocycles. The Morgan fingerprint density at radius 3 is 2.71 bits per heavy atom. The highest BCUT2D eigenvalue weighted by molar-refractivity contribution is 7.98. The van der Waals surface area contributed by atoms with E-state index in [-0.39, 0.29) is 5.56 Å². The van der Waals surface area contributed by atoms with Crippen LogP contribution in [0.25, 0.3) is 15.9 Å². The van der Waals surface area contributed by atoms with Crippen LogP contribution < -0.4 is 5.56 Å². The molecule has 0 aliphatic heterocycles. The Morgan fingerprint density at radius 2 is 1.97 bits per heavy atom. The van der Waals surface area contributed by atoms with Gasteiger partial charge in [0.15, 0.2) is 5.16 Å². The zero-order valence-corrected chi connectivity index (χ0v) is 19.1. The van der Waals surface area contributed by atoms with Crippen molar-refractivity contribution in [1.29, 1.82) is 5.26 Å². The summed E-state index contributed by atoms with van der Waals surface area (Å²) in [6.07, 6.45) is 3.14. The van der Waals surface area contributed by atoms with Gasteiger partial charge in [0.1, 0.15) is 4.83 Å². The first kappa shape index (κ1) is 20.0. The molecule has 0 radical (unpaired) electrons. The van der Waals surface area contributed by atoms with Gasteiger partial charge in [0.05, 0.1) is 22.7 Å². The van der Waals surface area contributed by atoms with Gasteiger partial charge < -0.3 is 0 Å². The van der Waals surface area contributed by atoms with Gasteiger partial charge in [0.2, 0.25) is 0 Å². The molecule has 31 heavy (non-hydrogen) atoms. The number of hydrogen-bond acceptors (Lipinski definition) is 5. The SMILES string of the molecule is Cc1ccc(-n2c(SCc3ccc(C#N)cc3)nc3sc4c(c3c2=O)CCC4)c(C)c1. The Morgan fingerprint density at radius 1 is 1.16 bits per heavy atom. The van der Waals surface area contributed by atoms with Crippen LogP contribution in [0, 0.1) is 25.2 Å². The molecule has 0 bridgehead atoms.